The van der Waals surface area contributed by atoms with Gasteiger partial charge in [0.1, 0.15) is 6.04 Å². The van der Waals surface area contributed by atoms with E-state index in [-0.39, 0.29) is 11.9 Å². The molecule has 0 radical (unpaired) electrons. The topological polar surface area (TPSA) is 50.2 Å². The van der Waals surface area contributed by atoms with Crippen molar-refractivity contribution < 1.29 is 18.0 Å². The minimum absolute atomic E-state index is 0.0927. The Balaban J connectivity index is 1.63. The molecule has 3 aliphatic rings. The SMILES string of the molecule is CC(C(=O)NC1CN2CCC1CC2)n1ccc(C(F)(F)F)n1. The van der Waals surface area contributed by atoms with Gasteiger partial charge in [-0.2, -0.15) is 18.3 Å². The van der Waals surface area contributed by atoms with Crippen molar-refractivity contribution in [2.24, 2.45) is 5.92 Å². The highest BCUT2D eigenvalue weighted by Gasteiger charge is 2.37. The van der Waals surface area contributed by atoms with Crippen molar-refractivity contribution in [2.45, 2.75) is 38.0 Å². The molecule has 122 valence electrons. The van der Waals surface area contributed by atoms with E-state index in [0.717, 1.165) is 43.2 Å². The Kier molecular flexibility index (Phi) is 3.88. The number of rotatable bonds is 3. The van der Waals surface area contributed by atoms with Gasteiger partial charge in [-0.05, 0) is 44.8 Å². The third-order valence-corrected chi connectivity index (χ3v) is 4.66. The third kappa shape index (κ3) is 2.97. The maximum Gasteiger partial charge on any atom is 0.435 e. The maximum absolute atomic E-state index is 12.6. The Morgan fingerprint density at radius 3 is 2.59 bits per heavy atom. The van der Waals surface area contributed by atoms with Crippen LogP contribution in [0.25, 0.3) is 0 Å². The van der Waals surface area contributed by atoms with Gasteiger partial charge in [0.25, 0.3) is 0 Å². The van der Waals surface area contributed by atoms with Crippen molar-refractivity contribution in [2.75, 3.05) is 19.6 Å². The second-order valence-corrected chi connectivity index (χ2v) is 6.11. The summed E-state index contributed by atoms with van der Waals surface area (Å²) in [6, 6.07) is 0.222. The molecule has 4 heterocycles. The van der Waals surface area contributed by atoms with Gasteiger partial charge in [0, 0.05) is 18.8 Å². The van der Waals surface area contributed by atoms with Gasteiger partial charge < -0.3 is 10.2 Å². The van der Waals surface area contributed by atoms with Crippen LogP contribution >= 0.6 is 0 Å². The van der Waals surface area contributed by atoms with Crippen molar-refractivity contribution in [1.82, 2.24) is 20.0 Å². The highest BCUT2D eigenvalue weighted by atomic mass is 19.4. The minimum Gasteiger partial charge on any atom is -0.350 e. The zero-order valence-electron chi connectivity index (χ0n) is 12.3. The number of nitrogens with zero attached hydrogens (tertiary/aromatic N) is 3. The van der Waals surface area contributed by atoms with Crippen molar-refractivity contribution in [3.8, 4) is 0 Å². The fourth-order valence-corrected chi connectivity index (χ4v) is 3.26. The van der Waals surface area contributed by atoms with Crippen molar-refractivity contribution >= 4 is 5.91 Å². The second-order valence-electron chi connectivity index (χ2n) is 6.11. The van der Waals surface area contributed by atoms with Crippen LogP contribution < -0.4 is 5.32 Å². The molecule has 2 bridgehead atoms. The quantitative estimate of drug-likeness (QED) is 0.923. The average Bonchev–Trinajstić information content (AvgIpc) is 2.97. The van der Waals surface area contributed by atoms with E-state index in [1.54, 1.807) is 6.92 Å². The van der Waals surface area contributed by atoms with E-state index in [1.165, 1.54) is 6.20 Å². The molecular formula is C14H19F3N4O. The van der Waals surface area contributed by atoms with E-state index in [2.05, 4.69) is 15.3 Å². The first-order chi connectivity index (χ1) is 10.3. The summed E-state index contributed by atoms with van der Waals surface area (Å²) in [5, 5.41) is 6.44. The lowest BCUT2D eigenvalue weighted by molar-refractivity contribution is -0.142. The molecule has 8 heteroatoms. The van der Waals surface area contributed by atoms with Crippen molar-refractivity contribution in [1.29, 1.82) is 0 Å². The molecule has 22 heavy (non-hydrogen) atoms. The summed E-state index contributed by atoms with van der Waals surface area (Å²) in [6.07, 6.45) is -1.15. The highest BCUT2D eigenvalue weighted by molar-refractivity contribution is 5.80. The largest absolute Gasteiger partial charge is 0.435 e. The fourth-order valence-electron chi connectivity index (χ4n) is 3.26. The Morgan fingerprint density at radius 2 is 2.09 bits per heavy atom. The zero-order chi connectivity index (χ0) is 15.9. The number of amides is 1. The second kappa shape index (κ2) is 5.57. The number of hydrogen-bond acceptors (Lipinski definition) is 3. The molecule has 0 aliphatic carbocycles. The summed E-state index contributed by atoms with van der Waals surface area (Å²) in [6.45, 7) is 4.53. The van der Waals surface area contributed by atoms with Crippen LogP contribution in [0.15, 0.2) is 12.3 Å². The summed E-state index contributed by atoms with van der Waals surface area (Å²) >= 11 is 0. The predicted molar refractivity (Wildman–Crippen MR) is 73.0 cm³/mol. The Morgan fingerprint density at radius 1 is 1.41 bits per heavy atom. The molecule has 2 unspecified atom stereocenters. The predicted octanol–water partition coefficient (Wildman–Crippen LogP) is 1.67. The van der Waals surface area contributed by atoms with Gasteiger partial charge in [0.15, 0.2) is 5.69 Å². The van der Waals surface area contributed by atoms with Crippen LogP contribution in [-0.4, -0.2) is 46.3 Å². The molecular weight excluding hydrogens is 297 g/mol. The number of halogens is 3. The number of carbonyl (C=O) groups is 1. The van der Waals surface area contributed by atoms with E-state index >= 15 is 0 Å². The molecule has 0 aromatic carbocycles. The highest BCUT2D eigenvalue weighted by Crippen LogP contribution is 2.29. The molecule has 0 saturated carbocycles. The molecule has 5 nitrogen and oxygen atoms in total. The normalized spacial score (nSPS) is 29.4. The summed E-state index contributed by atoms with van der Waals surface area (Å²) in [4.78, 5) is 14.6. The summed E-state index contributed by atoms with van der Waals surface area (Å²) in [5.74, 6) is 0.195. The summed E-state index contributed by atoms with van der Waals surface area (Å²) < 4.78 is 38.7. The van der Waals surface area contributed by atoms with E-state index in [1.807, 2.05) is 0 Å². The van der Waals surface area contributed by atoms with E-state index < -0.39 is 17.9 Å². The maximum atomic E-state index is 12.6. The molecule has 3 fully saturated rings. The van der Waals surface area contributed by atoms with Crippen LogP contribution in [0.2, 0.25) is 0 Å². The van der Waals surface area contributed by atoms with E-state index in [4.69, 9.17) is 0 Å². The molecule has 0 spiro atoms. The molecule has 1 N–H and O–H groups in total. The first-order valence-electron chi connectivity index (χ1n) is 7.49. The molecule has 1 aromatic heterocycles. The number of carbonyl (C=O) groups excluding carboxylic acids is 1. The molecule has 1 amide bonds. The molecule has 4 rings (SSSR count). The van der Waals surface area contributed by atoms with E-state index in [9.17, 15) is 18.0 Å². The summed E-state index contributed by atoms with van der Waals surface area (Å²) in [5.41, 5.74) is -0.977. The van der Waals surface area contributed by atoms with Crippen molar-refractivity contribution in [3.63, 3.8) is 0 Å². The van der Waals surface area contributed by atoms with Crippen LogP contribution in [0.3, 0.4) is 0 Å². The lowest BCUT2D eigenvalue weighted by Crippen LogP contribution is -2.57. The van der Waals surface area contributed by atoms with Crippen LogP contribution in [-0.2, 0) is 11.0 Å². The van der Waals surface area contributed by atoms with Gasteiger partial charge >= 0.3 is 6.18 Å². The third-order valence-electron chi connectivity index (χ3n) is 4.66. The molecule has 3 aliphatic heterocycles. The lowest BCUT2D eigenvalue weighted by atomic mass is 9.84. The number of nitrogens with one attached hydrogen (secondary N) is 1. The van der Waals surface area contributed by atoms with Crippen LogP contribution in [0.5, 0.6) is 0 Å². The molecule has 1 aromatic rings. The van der Waals surface area contributed by atoms with Crippen LogP contribution in [0, 0.1) is 5.92 Å². The number of piperidine rings is 3. The van der Waals surface area contributed by atoms with Crippen molar-refractivity contribution in [3.05, 3.63) is 18.0 Å². The van der Waals surface area contributed by atoms with Gasteiger partial charge in [-0.25, -0.2) is 0 Å². The fraction of sp³-hybridized carbons (Fsp3) is 0.714. The number of aromatic nitrogens is 2. The first-order valence-corrected chi connectivity index (χ1v) is 7.49. The van der Waals surface area contributed by atoms with Gasteiger partial charge in [-0.3, -0.25) is 9.48 Å². The van der Waals surface area contributed by atoms with Crippen LogP contribution in [0.4, 0.5) is 13.2 Å². The Bertz CT molecular complexity index is 549. The number of alkyl halides is 3. The standard InChI is InChI=1S/C14H19F3N4O/c1-9(21-7-4-12(19-21)14(15,16)17)13(22)18-11-8-20-5-2-10(11)3-6-20/h4,7,9-11H,2-3,5-6,8H2,1H3,(H,18,22). The number of fused-ring (bicyclic) bond motifs is 3. The first kappa shape index (κ1) is 15.3. The Hall–Kier alpha value is -1.57. The average molecular weight is 316 g/mol. The van der Waals surface area contributed by atoms with Gasteiger partial charge in [-0.15, -0.1) is 0 Å². The van der Waals surface area contributed by atoms with Gasteiger partial charge in [-0.1, -0.05) is 0 Å². The molecule has 2 atom stereocenters. The minimum atomic E-state index is -4.49. The van der Waals surface area contributed by atoms with Gasteiger partial charge in [0.05, 0.1) is 0 Å². The molecule has 3 saturated heterocycles. The van der Waals surface area contributed by atoms with Crippen LogP contribution in [0.1, 0.15) is 31.5 Å². The Labute approximate surface area is 126 Å². The monoisotopic (exact) mass is 316 g/mol. The summed E-state index contributed by atoms with van der Waals surface area (Å²) in [7, 11) is 0. The zero-order valence-corrected chi connectivity index (χ0v) is 12.3. The number of hydrogen-bond donors (Lipinski definition) is 1. The smallest absolute Gasteiger partial charge is 0.350 e. The van der Waals surface area contributed by atoms with Gasteiger partial charge in [0.2, 0.25) is 5.91 Å². The van der Waals surface area contributed by atoms with E-state index in [0.29, 0.717) is 5.92 Å². The lowest BCUT2D eigenvalue weighted by Gasteiger charge is -2.45.